The molecule has 2 fully saturated rings. The minimum Gasteiger partial charge on any atom is -0.345 e. The quantitative estimate of drug-likeness (QED) is 0.509. The van der Waals surface area contributed by atoms with Crippen LogP contribution in [0.2, 0.25) is 0 Å². The maximum absolute atomic E-state index is 12.9. The molecule has 0 spiro atoms. The van der Waals surface area contributed by atoms with E-state index in [0.29, 0.717) is 45.6 Å². The highest BCUT2D eigenvalue weighted by Gasteiger charge is 2.34. The lowest BCUT2D eigenvalue weighted by molar-refractivity contribution is -0.384. The summed E-state index contributed by atoms with van der Waals surface area (Å²) in [6.45, 7) is 3.07. The lowest BCUT2D eigenvalue weighted by Crippen LogP contribution is -2.53. The topological polar surface area (TPSA) is 117 Å². The second-order valence-electron chi connectivity index (χ2n) is 7.68. The predicted octanol–water partition coefficient (Wildman–Crippen LogP) is 1.52. The number of benzene rings is 1. The monoisotopic (exact) mass is 453 g/mol. The number of carbonyl (C=O) groups excluding carboxylic acids is 1. The number of nitro groups is 1. The molecule has 1 atom stereocenters. The van der Waals surface area contributed by atoms with Gasteiger partial charge < -0.3 is 9.80 Å². The summed E-state index contributed by atoms with van der Waals surface area (Å²) in [7, 11) is -3.28. The molecule has 30 heavy (non-hydrogen) atoms. The Labute approximate surface area is 178 Å². The number of hydrogen-bond donors (Lipinski definition) is 0. The molecule has 0 radical (unpaired) electrons. The van der Waals surface area contributed by atoms with Gasteiger partial charge in [-0.1, -0.05) is 11.3 Å². The van der Waals surface area contributed by atoms with Crippen molar-refractivity contribution in [2.45, 2.75) is 12.8 Å². The molecule has 12 heteroatoms. The van der Waals surface area contributed by atoms with Crippen LogP contribution in [0.1, 0.15) is 12.8 Å². The maximum Gasteiger partial charge on any atom is 0.270 e. The van der Waals surface area contributed by atoms with Crippen molar-refractivity contribution in [3.8, 4) is 0 Å². The van der Waals surface area contributed by atoms with E-state index in [0.717, 1.165) is 15.3 Å². The van der Waals surface area contributed by atoms with Gasteiger partial charge in [0.1, 0.15) is 0 Å². The number of carbonyl (C=O) groups is 1. The molecule has 0 aliphatic carbocycles. The summed E-state index contributed by atoms with van der Waals surface area (Å²) < 4.78 is 25.8. The van der Waals surface area contributed by atoms with E-state index in [4.69, 9.17) is 0 Å². The third-order valence-electron chi connectivity index (χ3n) is 5.64. The number of nitrogens with zero attached hydrogens (tertiary/aromatic N) is 5. The van der Waals surface area contributed by atoms with Crippen LogP contribution >= 0.6 is 11.3 Å². The number of anilines is 1. The van der Waals surface area contributed by atoms with Gasteiger partial charge in [-0.05, 0) is 18.9 Å². The smallest absolute Gasteiger partial charge is 0.270 e. The molecule has 1 amide bonds. The van der Waals surface area contributed by atoms with Crippen LogP contribution < -0.4 is 4.90 Å². The van der Waals surface area contributed by atoms with Crippen molar-refractivity contribution in [3.05, 3.63) is 28.3 Å². The average molecular weight is 454 g/mol. The molecule has 2 aromatic rings. The molecule has 3 heterocycles. The van der Waals surface area contributed by atoms with Crippen molar-refractivity contribution < 1.29 is 18.1 Å². The molecule has 4 rings (SSSR count). The van der Waals surface area contributed by atoms with Gasteiger partial charge in [-0.3, -0.25) is 14.9 Å². The van der Waals surface area contributed by atoms with Gasteiger partial charge in [0.25, 0.3) is 5.69 Å². The molecule has 0 bridgehead atoms. The van der Waals surface area contributed by atoms with Gasteiger partial charge in [0, 0.05) is 51.4 Å². The molecule has 2 aliphatic rings. The number of thiazole rings is 1. The van der Waals surface area contributed by atoms with Crippen LogP contribution in [0.4, 0.5) is 10.8 Å². The molecule has 0 saturated carbocycles. The van der Waals surface area contributed by atoms with E-state index in [1.165, 1.54) is 34.0 Å². The molecule has 0 N–H and O–H groups in total. The van der Waals surface area contributed by atoms with Crippen LogP contribution in [-0.2, 0) is 14.8 Å². The van der Waals surface area contributed by atoms with E-state index in [-0.39, 0.29) is 24.1 Å². The van der Waals surface area contributed by atoms with E-state index in [1.807, 2.05) is 4.90 Å². The fourth-order valence-electron chi connectivity index (χ4n) is 3.97. The van der Waals surface area contributed by atoms with E-state index in [9.17, 15) is 23.3 Å². The predicted molar refractivity (Wildman–Crippen MR) is 114 cm³/mol. The highest BCUT2D eigenvalue weighted by Crippen LogP contribution is 2.32. The Balaban J connectivity index is 1.39. The molecule has 1 unspecified atom stereocenters. The first kappa shape index (κ1) is 20.9. The zero-order chi connectivity index (χ0) is 21.5. The Hall–Kier alpha value is -2.31. The summed E-state index contributed by atoms with van der Waals surface area (Å²) in [6.07, 6.45) is 2.59. The van der Waals surface area contributed by atoms with Crippen molar-refractivity contribution in [1.82, 2.24) is 14.2 Å². The fraction of sp³-hybridized carbons (Fsp3) is 0.556. The van der Waals surface area contributed by atoms with Crippen LogP contribution in [0, 0.1) is 16.0 Å². The third-order valence-corrected chi connectivity index (χ3v) is 7.98. The van der Waals surface area contributed by atoms with Gasteiger partial charge in [0.05, 0.1) is 27.3 Å². The molecule has 2 saturated heterocycles. The number of aromatic nitrogens is 1. The summed E-state index contributed by atoms with van der Waals surface area (Å²) >= 11 is 1.41. The maximum atomic E-state index is 12.9. The second-order valence-corrected chi connectivity index (χ2v) is 10.7. The van der Waals surface area contributed by atoms with E-state index < -0.39 is 14.9 Å². The van der Waals surface area contributed by atoms with Crippen molar-refractivity contribution >= 4 is 48.3 Å². The van der Waals surface area contributed by atoms with Gasteiger partial charge in [0.15, 0.2) is 5.13 Å². The number of piperidine rings is 1. The van der Waals surface area contributed by atoms with Crippen LogP contribution in [-0.4, -0.2) is 79.0 Å². The van der Waals surface area contributed by atoms with Gasteiger partial charge >= 0.3 is 0 Å². The second kappa shape index (κ2) is 8.08. The van der Waals surface area contributed by atoms with E-state index in [1.54, 1.807) is 6.07 Å². The summed E-state index contributed by atoms with van der Waals surface area (Å²) in [5, 5.41) is 11.8. The summed E-state index contributed by atoms with van der Waals surface area (Å²) in [5.74, 6) is -0.272. The Morgan fingerprint density at radius 1 is 1.23 bits per heavy atom. The van der Waals surface area contributed by atoms with Crippen molar-refractivity contribution in [1.29, 1.82) is 0 Å². The highest BCUT2D eigenvalue weighted by atomic mass is 32.2. The molecule has 162 valence electrons. The Bertz CT molecular complexity index is 1080. The lowest BCUT2D eigenvalue weighted by atomic mass is 9.98. The molecular weight excluding hydrogens is 430 g/mol. The SMILES string of the molecule is CS(=O)(=O)N1CCCC(C(=O)N2CCN(c3nc4ccc([N+](=O)[O-])cc4s3)CC2)C1. The zero-order valence-electron chi connectivity index (χ0n) is 16.6. The Morgan fingerprint density at radius 2 is 1.97 bits per heavy atom. The van der Waals surface area contributed by atoms with Crippen LogP contribution in [0.25, 0.3) is 10.2 Å². The summed E-state index contributed by atoms with van der Waals surface area (Å²) in [4.78, 5) is 31.9. The summed E-state index contributed by atoms with van der Waals surface area (Å²) in [5.41, 5.74) is 0.769. The highest BCUT2D eigenvalue weighted by molar-refractivity contribution is 7.88. The Kier molecular flexibility index (Phi) is 5.64. The first-order chi connectivity index (χ1) is 14.2. The van der Waals surface area contributed by atoms with Crippen molar-refractivity contribution in [2.75, 3.05) is 50.4 Å². The van der Waals surface area contributed by atoms with Gasteiger partial charge in [0.2, 0.25) is 15.9 Å². The molecule has 2 aliphatic heterocycles. The normalized spacial score (nSPS) is 21.2. The first-order valence-electron chi connectivity index (χ1n) is 9.76. The zero-order valence-corrected chi connectivity index (χ0v) is 18.2. The Morgan fingerprint density at radius 3 is 2.63 bits per heavy atom. The van der Waals surface area contributed by atoms with Gasteiger partial charge in [-0.15, -0.1) is 0 Å². The van der Waals surface area contributed by atoms with Crippen LogP contribution in [0.5, 0.6) is 0 Å². The number of hydrogen-bond acceptors (Lipinski definition) is 8. The van der Waals surface area contributed by atoms with Crippen LogP contribution in [0.15, 0.2) is 18.2 Å². The molecular formula is C18H23N5O5S2. The van der Waals surface area contributed by atoms with Crippen molar-refractivity contribution in [2.24, 2.45) is 5.92 Å². The molecule has 1 aromatic heterocycles. The minimum absolute atomic E-state index is 0.0166. The largest absolute Gasteiger partial charge is 0.345 e. The van der Waals surface area contributed by atoms with E-state index >= 15 is 0 Å². The third kappa shape index (κ3) is 4.25. The number of non-ortho nitro benzene ring substituents is 1. The molecule has 10 nitrogen and oxygen atoms in total. The van der Waals surface area contributed by atoms with E-state index in [2.05, 4.69) is 9.88 Å². The van der Waals surface area contributed by atoms with Gasteiger partial charge in [-0.2, -0.15) is 0 Å². The van der Waals surface area contributed by atoms with Crippen molar-refractivity contribution in [3.63, 3.8) is 0 Å². The molecule has 1 aromatic carbocycles. The fourth-order valence-corrected chi connectivity index (χ4v) is 5.93. The number of nitro benzene ring substituents is 1. The number of fused-ring (bicyclic) bond motifs is 1. The van der Waals surface area contributed by atoms with Crippen LogP contribution in [0.3, 0.4) is 0 Å². The number of piperazine rings is 1. The number of rotatable bonds is 4. The summed E-state index contributed by atoms with van der Waals surface area (Å²) in [6, 6.07) is 4.64. The first-order valence-corrected chi connectivity index (χ1v) is 12.4. The van der Waals surface area contributed by atoms with Gasteiger partial charge in [-0.25, -0.2) is 17.7 Å². The standard InChI is InChI=1S/C18H23N5O5S2/c1-30(27,28)22-6-2-3-13(12-22)17(24)20-7-9-21(10-8-20)18-19-15-5-4-14(23(25)26)11-16(15)29-18/h4-5,11,13H,2-3,6-10,12H2,1H3. The minimum atomic E-state index is -3.28. The lowest BCUT2D eigenvalue weighted by Gasteiger charge is -2.38. The number of sulfonamides is 1. The number of amides is 1. The average Bonchev–Trinajstić information content (AvgIpc) is 3.16.